The minimum Gasteiger partial charge on any atom is -0.489 e. The van der Waals surface area contributed by atoms with E-state index >= 15 is 0 Å². The van der Waals surface area contributed by atoms with Gasteiger partial charge in [0.15, 0.2) is 0 Å². The maximum Gasteiger partial charge on any atom is 0.307 e. The lowest BCUT2D eigenvalue weighted by Gasteiger charge is -2.30. The molecule has 1 atom stereocenters. The van der Waals surface area contributed by atoms with Gasteiger partial charge in [-0.25, -0.2) is 0 Å². The maximum absolute atomic E-state index is 12.5. The largest absolute Gasteiger partial charge is 0.489 e. The van der Waals surface area contributed by atoms with Crippen LogP contribution in [0.5, 0.6) is 11.5 Å². The Morgan fingerprint density at radius 1 is 0.750 bits per heavy atom. The van der Waals surface area contributed by atoms with Crippen LogP contribution in [-0.4, -0.2) is 32.0 Å². The van der Waals surface area contributed by atoms with Crippen LogP contribution in [0, 0.1) is 0 Å². The van der Waals surface area contributed by atoms with Gasteiger partial charge in [-0.3, -0.25) is 4.79 Å². The number of ether oxygens (including phenoxy) is 3. The van der Waals surface area contributed by atoms with Gasteiger partial charge in [0.05, 0.1) is 13.0 Å². The molecular weight excluding hydrogens is 502 g/mol. The van der Waals surface area contributed by atoms with Crippen molar-refractivity contribution in [2.45, 2.75) is 32.3 Å². The van der Waals surface area contributed by atoms with E-state index in [0.29, 0.717) is 18.9 Å². The van der Waals surface area contributed by atoms with Gasteiger partial charge in [0.2, 0.25) is 0 Å². The van der Waals surface area contributed by atoms with Crippen LogP contribution in [0.15, 0.2) is 114 Å². The fourth-order valence-electron chi connectivity index (χ4n) is 4.50. The molecule has 0 saturated carbocycles. The molecule has 6 nitrogen and oxygen atoms in total. The number of carbonyl (C=O) groups is 1. The summed E-state index contributed by atoms with van der Waals surface area (Å²) in [5.74, 6) is 1.26. The van der Waals surface area contributed by atoms with Crippen molar-refractivity contribution in [1.82, 2.24) is 0 Å². The number of esters is 1. The van der Waals surface area contributed by atoms with Crippen molar-refractivity contribution in [1.29, 1.82) is 0 Å². The second-order valence-corrected chi connectivity index (χ2v) is 9.51. The Morgan fingerprint density at radius 2 is 1.32 bits per heavy atom. The number of hydrogen-bond acceptors (Lipinski definition) is 6. The Hall–Kier alpha value is -4.58. The molecule has 206 valence electrons. The summed E-state index contributed by atoms with van der Waals surface area (Å²) in [5.41, 5.74) is 4.24. The van der Waals surface area contributed by atoms with E-state index in [1.54, 1.807) is 0 Å². The lowest BCUT2D eigenvalue weighted by Crippen LogP contribution is -2.28. The van der Waals surface area contributed by atoms with Crippen molar-refractivity contribution in [2.24, 2.45) is 5.16 Å². The number of carbonyl (C=O) groups excluding carboxylic acids is 1. The van der Waals surface area contributed by atoms with Crippen LogP contribution in [0.4, 0.5) is 0 Å². The Kier molecular flexibility index (Phi) is 9.94. The fourth-order valence-corrected chi connectivity index (χ4v) is 4.50. The zero-order valence-electron chi connectivity index (χ0n) is 23.2. The number of oxime groups is 1. The molecule has 0 aliphatic heterocycles. The Balaban J connectivity index is 1.37. The van der Waals surface area contributed by atoms with Crippen molar-refractivity contribution in [2.75, 3.05) is 20.3 Å². The minimum absolute atomic E-state index is 0.219. The van der Waals surface area contributed by atoms with Crippen molar-refractivity contribution in [3.05, 3.63) is 131 Å². The highest BCUT2D eigenvalue weighted by Crippen LogP contribution is 2.36. The van der Waals surface area contributed by atoms with Crippen LogP contribution in [-0.2, 0) is 26.4 Å². The summed E-state index contributed by atoms with van der Waals surface area (Å²) in [4.78, 5) is 17.4. The third-order valence-electron chi connectivity index (χ3n) is 6.72. The van der Waals surface area contributed by atoms with Gasteiger partial charge in [0, 0.05) is 11.0 Å². The highest BCUT2D eigenvalue weighted by molar-refractivity contribution is 6.01. The third kappa shape index (κ3) is 7.50. The summed E-state index contributed by atoms with van der Waals surface area (Å²) in [5, 5.41) is 4.10. The average Bonchev–Trinajstić information content (AvgIpc) is 3.00. The Labute approximate surface area is 236 Å². The molecule has 0 N–H and O–H groups in total. The molecule has 1 unspecified atom stereocenters. The quantitative estimate of drug-likeness (QED) is 0.105. The zero-order valence-corrected chi connectivity index (χ0v) is 23.2. The molecule has 6 heteroatoms. The smallest absolute Gasteiger partial charge is 0.307 e. The normalized spacial score (nSPS) is 12.7. The van der Waals surface area contributed by atoms with E-state index in [2.05, 4.69) is 12.1 Å². The molecule has 0 aliphatic carbocycles. The number of benzene rings is 4. The van der Waals surface area contributed by atoms with Gasteiger partial charge in [-0.2, -0.15) is 0 Å². The van der Waals surface area contributed by atoms with Gasteiger partial charge < -0.3 is 19.0 Å². The van der Waals surface area contributed by atoms with E-state index in [0.717, 1.165) is 33.8 Å². The van der Waals surface area contributed by atoms with E-state index in [1.165, 1.54) is 7.11 Å². The standard InChI is InChI=1S/C34H35NO5/c1-4-38-33(36)23-34(2,28-13-9-6-10-14-28)29-17-21-31(22-18-29)39-24-26-15-19-30(20-16-26)40-25-32(35-37-3)27-11-7-5-8-12-27/h5-22H,4,23-25H2,1-3H3. The number of hydrogen-bond donors (Lipinski definition) is 0. The summed E-state index contributed by atoms with van der Waals surface area (Å²) in [6.45, 7) is 4.96. The van der Waals surface area contributed by atoms with Crippen LogP contribution in [0.1, 0.15) is 42.5 Å². The molecule has 0 aliphatic rings. The zero-order chi connectivity index (χ0) is 28.2. The SMILES string of the molecule is CCOC(=O)CC(C)(c1ccccc1)c1ccc(OCc2ccc(OCC(=NOC)c3ccccc3)cc2)cc1. The first-order valence-corrected chi connectivity index (χ1v) is 13.3. The summed E-state index contributed by atoms with van der Waals surface area (Å²) >= 11 is 0. The van der Waals surface area contributed by atoms with Crippen LogP contribution in [0.25, 0.3) is 0 Å². The molecule has 0 bridgehead atoms. The molecule has 0 amide bonds. The number of nitrogens with zero attached hydrogens (tertiary/aromatic N) is 1. The molecule has 0 saturated heterocycles. The summed E-state index contributed by atoms with van der Waals surface area (Å²) in [6.07, 6.45) is 0.254. The highest BCUT2D eigenvalue weighted by atomic mass is 16.6. The highest BCUT2D eigenvalue weighted by Gasteiger charge is 2.32. The summed E-state index contributed by atoms with van der Waals surface area (Å²) < 4.78 is 17.3. The predicted octanol–water partition coefficient (Wildman–Crippen LogP) is 6.95. The molecule has 4 aromatic rings. The molecule has 0 heterocycles. The first-order valence-electron chi connectivity index (χ1n) is 13.3. The maximum atomic E-state index is 12.5. The van der Waals surface area contributed by atoms with Crippen LogP contribution >= 0.6 is 0 Å². The molecule has 0 aromatic heterocycles. The van der Waals surface area contributed by atoms with E-state index in [-0.39, 0.29) is 19.0 Å². The monoisotopic (exact) mass is 537 g/mol. The molecular formula is C34H35NO5. The first-order chi connectivity index (χ1) is 19.5. The molecule has 4 aromatic carbocycles. The first kappa shape index (κ1) is 28.4. The van der Waals surface area contributed by atoms with E-state index in [4.69, 9.17) is 19.0 Å². The van der Waals surface area contributed by atoms with Gasteiger partial charge in [0.25, 0.3) is 0 Å². The Bertz CT molecular complexity index is 1370. The second-order valence-electron chi connectivity index (χ2n) is 9.51. The lowest BCUT2D eigenvalue weighted by molar-refractivity contribution is -0.144. The molecule has 0 fully saturated rings. The van der Waals surface area contributed by atoms with Crippen molar-refractivity contribution in [3.8, 4) is 11.5 Å². The molecule has 40 heavy (non-hydrogen) atoms. The molecule has 4 rings (SSSR count). The second kappa shape index (κ2) is 14.0. The Morgan fingerprint density at radius 3 is 1.95 bits per heavy atom. The third-order valence-corrected chi connectivity index (χ3v) is 6.72. The van der Waals surface area contributed by atoms with Gasteiger partial charge >= 0.3 is 5.97 Å². The molecule has 0 spiro atoms. The van der Waals surface area contributed by atoms with Crippen LogP contribution in [0.3, 0.4) is 0 Å². The van der Waals surface area contributed by atoms with Crippen molar-refractivity contribution in [3.63, 3.8) is 0 Å². The topological polar surface area (TPSA) is 66.4 Å². The van der Waals surface area contributed by atoms with Gasteiger partial charge in [-0.05, 0) is 47.9 Å². The fraction of sp³-hybridized carbons (Fsp3) is 0.235. The van der Waals surface area contributed by atoms with Crippen LogP contribution in [0.2, 0.25) is 0 Å². The predicted molar refractivity (Wildman–Crippen MR) is 157 cm³/mol. The lowest BCUT2D eigenvalue weighted by atomic mass is 9.74. The van der Waals surface area contributed by atoms with Crippen molar-refractivity contribution < 1.29 is 23.8 Å². The summed E-state index contributed by atoms with van der Waals surface area (Å²) in [7, 11) is 1.52. The average molecular weight is 538 g/mol. The van der Waals surface area contributed by atoms with E-state index < -0.39 is 5.41 Å². The van der Waals surface area contributed by atoms with Crippen LogP contribution < -0.4 is 9.47 Å². The number of rotatable bonds is 13. The minimum atomic E-state index is -0.518. The van der Waals surface area contributed by atoms with E-state index in [9.17, 15) is 4.79 Å². The van der Waals surface area contributed by atoms with Gasteiger partial charge in [-0.1, -0.05) is 97.0 Å². The molecule has 0 radical (unpaired) electrons. The van der Waals surface area contributed by atoms with Crippen molar-refractivity contribution >= 4 is 11.7 Å². The van der Waals surface area contributed by atoms with Gasteiger partial charge in [0.1, 0.15) is 37.5 Å². The summed E-state index contributed by atoms with van der Waals surface area (Å²) in [6, 6.07) is 35.5. The van der Waals surface area contributed by atoms with Gasteiger partial charge in [-0.15, -0.1) is 0 Å². The van der Waals surface area contributed by atoms with E-state index in [1.807, 2.05) is 116 Å².